The Morgan fingerprint density at radius 3 is 2.30 bits per heavy atom. The summed E-state index contributed by atoms with van der Waals surface area (Å²) in [5.41, 5.74) is -2.10. The first kappa shape index (κ1) is 19.7. The number of rotatable bonds is 5. The van der Waals surface area contributed by atoms with Crippen LogP contribution in [0.4, 0.5) is 13.2 Å². The lowest BCUT2D eigenvalue weighted by Crippen LogP contribution is -2.44. The van der Waals surface area contributed by atoms with Gasteiger partial charge in [0, 0.05) is 0 Å². The van der Waals surface area contributed by atoms with E-state index in [2.05, 4.69) is 5.10 Å². The number of aromatic nitrogens is 2. The predicted molar refractivity (Wildman–Crippen MR) is 81.9 cm³/mol. The van der Waals surface area contributed by atoms with E-state index in [-0.39, 0.29) is 11.6 Å². The second-order valence-corrected chi connectivity index (χ2v) is 11.8. The van der Waals surface area contributed by atoms with E-state index in [1.54, 1.807) is 6.92 Å². The molecule has 0 amide bonds. The van der Waals surface area contributed by atoms with Crippen LogP contribution in [0.3, 0.4) is 0 Å². The third kappa shape index (κ3) is 4.57. The molecule has 0 bridgehead atoms. The number of hydrogen-bond donors (Lipinski definition) is 1. The highest BCUT2D eigenvalue weighted by Crippen LogP contribution is 2.38. The molecule has 1 unspecified atom stereocenters. The van der Waals surface area contributed by atoms with Crippen LogP contribution in [0.1, 0.15) is 43.7 Å². The first-order valence-electron chi connectivity index (χ1n) is 7.21. The van der Waals surface area contributed by atoms with Gasteiger partial charge in [-0.25, -0.2) is 4.79 Å². The van der Waals surface area contributed by atoms with Crippen LogP contribution in [0, 0.1) is 0 Å². The van der Waals surface area contributed by atoms with E-state index in [4.69, 9.17) is 9.53 Å². The lowest BCUT2D eigenvalue weighted by Gasteiger charge is -2.38. The van der Waals surface area contributed by atoms with Crippen molar-refractivity contribution in [2.45, 2.75) is 64.7 Å². The summed E-state index contributed by atoms with van der Waals surface area (Å²) in [4.78, 5) is 11.0. The van der Waals surface area contributed by atoms with Gasteiger partial charge in [0.1, 0.15) is 5.56 Å². The fourth-order valence-corrected chi connectivity index (χ4v) is 3.37. The smallest absolute Gasteiger partial charge is 0.433 e. The van der Waals surface area contributed by atoms with Crippen LogP contribution in [0.25, 0.3) is 0 Å². The van der Waals surface area contributed by atoms with E-state index >= 15 is 0 Å². The first-order chi connectivity index (χ1) is 10.2. The Kier molecular flexibility index (Phi) is 5.37. The summed E-state index contributed by atoms with van der Waals surface area (Å²) in [5.74, 6) is -1.65. The van der Waals surface area contributed by atoms with Crippen molar-refractivity contribution in [1.29, 1.82) is 0 Å². The fourth-order valence-electron chi connectivity index (χ4n) is 1.94. The van der Waals surface area contributed by atoms with Crippen LogP contribution in [-0.2, 0) is 17.1 Å². The molecule has 0 saturated carbocycles. The molecular formula is C14H23F3N2O3Si. The number of nitrogens with zero attached hydrogens (tertiary/aromatic N) is 2. The molecule has 9 heteroatoms. The molecule has 0 radical (unpaired) electrons. The second kappa shape index (κ2) is 6.27. The van der Waals surface area contributed by atoms with Gasteiger partial charge in [-0.3, -0.25) is 4.68 Å². The third-order valence-electron chi connectivity index (χ3n) is 4.07. The molecular weight excluding hydrogens is 329 g/mol. The fraction of sp³-hybridized carbons (Fsp3) is 0.714. The summed E-state index contributed by atoms with van der Waals surface area (Å²) in [7, 11) is -2.14. The van der Waals surface area contributed by atoms with Gasteiger partial charge in [-0.2, -0.15) is 18.3 Å². The minimum absolute atomic E-state index is 0.0789. The number of carbonyl (C=O) groups is 1. The van der Waals surface area contributed by atoms with Crippen LogP contribution in [-0.4, -0.2) is 35.3 Å². The summed E-state index contributed by atoms with van der Waals surface area (Å²) >= 11 is 0. The quantitative estimate of drug-likeness (QED) is 0.813. The van der Waals surface area contributed by atoms with Gasteiger partial charge in [0.15, 0.2) is 14.0 Å². The normalized spacial score (nSPS) is 14.8. The lowest BCUT2D eigenvalue weighted by molar-refractivity contribution is -0.145. The van der Waals surface area contributed by atoms with E-state index in [9.17, 15) is 18.0 Å². The van der Waals surface area contributed by atoms with E-state index in [1.807, 2.05) is 33.9 Å². The van der Waals surface area contributed by atoms with Crippen LogP contribution >= 0.6 is 0 Å². The summed E-state index contributed by atoms with van der Waals surface area (Å²) in [6, 6.07) is 0. The third-order valence-corrected chi connectivity index (χ3v) is 8.67. The topological polar surface area (TPSA) is 64.4 Å². The van der Waals surface area contributed by atoms with Crippen molar-refractivity contribution in [2.75, 3.05) is 0 Å². The Hall–Kier alpha value is -1.35. The van der Waals surface area contributed by atoms with Crippen molar-refractivity contribution < 1.29 is 27.5 Å². The number of alkyl halides is 3. The van der Waals surface area contributed by atoms with Gasteiger partial charge in [-0.05, 0) is 25.1 Å². The van der Waals surface area contributed by atoms with Gasteiger partial charge < -0.3 is 9.53 Å². The van der Waals surface area contributed by atoms with Crippen LogP contribution in [0.5, 0.6) is 0 Å². The van der Waals surface area contributed by atoms with Crippen molar-refractivity contribution >= 4 is 14.3 Å². The van der Waals surface area contributed by atoms with Gasteiger partial charge >= 0.3 is 12.1 Å². The average molecular weight is 352 g/mol. The van der Waals surface area contributed by atoms with Crippen LogP contribution < -0.4 is 0 Å². The van der Waals surface area contributed by atoms with Crippen molar-refractivity contribution in [2.24, 2.45) is 0 Å². The largest absolute Gasteiger partial charge is 0.478 e. The maximum absolute atomic E-state index is 13.1. The molecule has 23 heavy (non-hydrogen) atoms. The molecule has 1 heterocycles. The van der Waals surface area contributed by atoms with Crippen molar-refractivity contribution in [3.63, 3.8) is 0 Å². The lowest BCUT2D eigenvalue weighted by atomic mass is 10.2. The Labute approximate surface area is 134 Å². The van der Waals surface area contributed by atoms with Gasteiger partial charge in [0.05, 0.1) is 18.8 Å². The highest BCUT2D eigenvalue weighted by atomic mass is 28.4. The average Bonchev–Trinajstić information content (AvgIpc) is 2.69. The van der Waals surface area contributed by atoms with E-state index in [0.29, 0.717) is 4.68 Å². The zero-order chi connectivity index (χ0) is 18.2. The maximum Gasteiger partial charge on any atom is 0.433 e. The molecule has 0 aliphatic rings. The van der Waals surface area contributed by atoms with E-state index < -0.39 is 37.8 Å². The number of carboxylic acids is 1. The summed E-state index contributed by atoms with van der Waals surface area (Å²) < 4.78 is 46.0. The Morgan fingerprint density at radius 1 is 1.39 bits per heavy atom. The zero-order valence-electron chi connectivity index (χ0n) is 14.2. The summed E-state index contributed by atoms with van der Waals surface area (Å²) in [5, 5.41) is 12.4. The van der Waals surface area contributed by atoms with Gasteiger partial charge in [-0.1, -0.05) is 20.8 Å². The molecule has 0 saturated heterocycles. The molecule has 1 aromatic rings. The molecule has 1 N–H and O–H groups in total. The number of halogens is 3. The Bertz CT molecular complexity index is 577. The molecule has 5 nitrogen and oxygen atoms in total. The highest BCUT2D eigenvalue weighted by molar-refractivity contribution is 6.74. The minimum Gasteiger partial charge on any atom is -0.478 e. The monoisotopic (exact) mass is 352 g/mol. The molecule has 0 aromatic carbocycles. The predicted octanol–water partition coefficient (Wildman–Crippen LogP) is 4.01. The van der Waals surface area contributed by atoms with E-state index in [0.717, 1.165) is 6.20 Å². The molecule has 0 spiro atoms. The SMILES string of the molecule is CC(Cn1ncc(C(=O)O)c1C(F)(F)F)O[Si](C)(C)C(C)(C)C. The van der Waals surface area contributed by atoms with Crippen molar-refractivity contribution in [3.05, 3.63) is 17.5 Å². The van der Waals surface area contributed by atoms with Gasteiger partial charge in [-0.15, -0.1) is 0 Å². The van der Waals surface area contributed by atoms with Crippen molar-refractivity contribution in [1.82, 2.24) is 9.78 Å². The second-order valence-electron chi connectivity index (χ2n) is 7.08. The number of carboxylic acid groups (broad SMARTS) is 1. The minimum atomic E-state index is -4.79. The standard InChI is InChI=1S/C14H23F3N2O3Si/c1-9(22-23(5,6)13(2,3)4)8-19-11(14(15,16)17)10(7-18-19)12(20)21/h7,9H,8H2,1-6H3,(H,20,21). The molecule has 1 rings (SSSR count). The molecule has 132 valence electrons. The van der Waals surface area contributed by atoms with Gasteiger partial charge in [0.25, 0.3) is 0 Å². The molecule has 0 aliphatic heterocycles. The Balaban J connectivity index is 3.04. The number of aromatic carboxylic acids is 1. The molecule has 1 atom stereocenters. The first-order valence-corrected chi connectivity index (χ1v) is 10.1. The molecule has 0 aliphatic carbocycles. The Morgan fingerprint density at radius 2 is 1.91 bits per heavy atom. The molecule has 0 fully saturated rings. The maximum atomic E-state index is 13.1. The molecule has 1 aromatic heterocycles. The van der Waals surface area contributed by atoms with Crippen LogP contribution in [0.15, 0.2) is 6.20 Å². The van der Waals surface area contributed by atoms with Crippen molar-refractivity contribution in [3.8, 4) is 0 Å². The van der Waals surface area contributed by atoms with Gasteiger partial charge in [0.2, 0.25) is 0 Å². The summed E-state index contributed by atoms with van der Waals surface area (Å²) in [6.07, 6.45) is -4.58. The zero-order valence-corrected chi connectivity index (χ0v) is 15.2. The number of hydrogen-bond acceptors (Lipinski definition) is 3. The van der Waals surface area contributed by atoms with E-state index in [1.165, 1.54) is 0 Å². The van der Waals surface area contributed by atoms with Crippen LogP contribution in [0.2, 0.25) is 18.1 Å². The summed E-state index contributed by atoms with van der Waals surface area (Å²) in [6.45, 7) is 11.6. The highest BCUT2D eigenvalue weighted by Gasteiger charge is 2.42.